The van der Waals surface area contributed by atoms with Crippen LogP contribution in [0.3, 0.4) is 0 Å². The molecule has 6 heteroatoms. The predicted octanol–water partition coefficient (Wildman–Crippen LogP) is 2.93. The quantitative estimate of drug-likeness (QED) is 0.522. The number of pyridine rings is 1. The number of amides is 1. The van der Waals surface area contributed by atoms with Crippen LogP contribution >= 0.6 is 46.2 Å². The Kier molecular flexibility index (Phi) is 4.97. The monoisotopic (exact) mass is 342 g/mol. The second kappa shape index (κ2) is 5.77. The summed E-state index contributed by atoms with van der Waals surface area (Å²) in [6.07, 6.45) is 1.47. The van der Waals surface area contributed by atoms with Crippen LogP contribution in [0.5, 0.6) is 0 Å². The number of nitrogens with zero attached hydrogens (tertiary/aromatic N) is 1. The first kappa shape index (κ1) is 12.1. The van der Waals surface area contributed by atoms with E-state index < -0.39 is 0 Å². The van der Waals surface area contributed by atoms with Gasteiger partial charge < -0.3 is 0 Å². The van der Waals surface area contributed by atoms with Crippen molar-refractivity contribution in [1.29, 1.82) is 0 Å². The van der Waals surface area contributed by atoms with Crippen LogP contribution < -0.4 is 3.53 Å². The molecule has 0 aliphatic rings. The molecule has 0 aromatic carbocycles. The van der Waals surface area contributed by atoms with Gasteiger partial charge in [-0.1, -0.05) is 18.5 Å². The van der Waals surface area contributed by atoms with Crippen molar-refractivity contribution in [1.82, 2.24) is 8.51 Å². The van der Waals surface area contributed by atoms with Crippen LogP contribution in [0.25, 0.3) is 0 Å². The maximum Gasteiger partial charge on any atom is 0.279 e. The second-order valence-corrected chi connectivity index (χ2v) is 4.64. The Balaban J connectivity index is 3.07. The molecular weight excluding hydrogens is 335 g/mol. The summed E-state index contributed by atoms with van der Waals surface area (Å²) >= 11 is 9.13. The third-order valence-corrected chi connectivity index (χ3v) is 3.03. The van der Waals surface area contributed by atoms with Gasteiger partial charge in [-0.25, -0.2) is 4.98 Å². The van der Waals surface area contributed by atoms with E-state index in [2.05, 4.69) is 8.51 Å². The molecule has 76 valence electrons. The van der Waals surface area contributed by atoms with Gasteiger partial charge in [0.2, 0.25) is 0 Å². The summed E-state index contributed by atoms with van der Waals surface area (Å²) in [5.41, 5.74) is 0.427. The van der Waals surface area contributed by atoms with Gasteiger partial charge in [-0.2, -0.15) is 0 Å². The highest BCUT2D eigenvalue weighted by Crippen LogP contribution is 2.24. The van der Waals surface area contributed by atoms with Gasteiger partial charge in [0, 0.05) is 11.1 Å². The fourth-order valence-corrected chi connectivity index (χ4v) is 2.18. The fourth-order valence-electron chi connectivity index (χ4n) is 0.902. The van der Waals surface area contributed by atoms with Crippen LogP contribution in [0, 0.1) is 0 Å². The lowest BCUT2D eigenvalue weighted by Gasteiger charge is -2.05. The van der Waals surface area contributed by atoms with Crippen molar-refractivity contribution in [3.05, 3.63) is 23.0 Å². The zero-order valence-electron chi connectivity index (χ0n) is 7.38. The minimum Gasteiger partial charge on any atom is -0.293 e. The predicted molar refractivity (Wildman–Crippen MR) is 67.1 cm³/mol. The molecule has 0 aliphatic carbocycles. The van der Waals surface area contributed by atoms with E-state index in [1.54, 1.807) is 40.7 Å². The van der Waals surface area contributed by atoms with Crippen molar-refractivity contribution >= 4 is 52.1 Å². The number of hydrogen-bond acceptors (Lipinski definition) is 3. The van der Waals surface area contributed by atoms with Crippen molar-refractivity contribution < 1.29 is 4.79 Å². The first-order valence-corrected chi connectivity index (χ1v) is 6.32. The molecule has 1 aromatic heterocycles. The van der Waals surface area contributed by atoms with Gasteiger partial charge in [-0.15, -0.1) is 11.8 Å². The number of carbonyl (C=O) groups is 1. The number of hydrogen-bond donors (Lipinski definition) is 1. The summed E-state index contributed by atoms with van der Waals surface area (Å²) in [5, 5.41) is 0.547. The molecule has 0 bridgehead atoms. The number of rotatable bonds is 3. The molecule has 0 saturated carbocycles. The molecule has 0 radical (unpaired) electrons. The number of halogens is 2. The van der Waals surface area contributed by atoms with Crippen molar-refractivity contribution in [3.8, 4) is 0 Å². The Hall–Kier alpha value is -0.0100. The van der Waals surface area contributed by atoms with Gasteiger partial charge in [0.25, 0.3) is 5.91 Å². The smallest absolute Gasteiger partial charge is 0.279 e. The highest BCUT2D eigenvalue weighted by atomic mass is 127. The summed E-state index contributed by atoms with van der Waals surface area (Å²) in [7, 11) is 0. The van der Waals surface area contributed by atoms with E-state index in [-0.39, 0.29) is 5.91 Å². The topological polar surface area (TPSA) is 42.0 Å². The lowest BCUT2D eigenvalue weighted by molar-refractivity contribution is 0.0982. The van der Waals surface area contributed by atoms with Crippen LogP contribution in [0.4, 0.5) is 0 Å². The SMILES string of the molecule is CCSc1cc(Cl)cnc1C(=O)NI. The van der Waals surface area contributed by atoms with Gasteiger partial charge in [0.1, 0.15) is 5.69 Å². The van der Waals surface area contributed by atoms with Crippen molar-refractivity contribution in [3.63, 3.8) is 0 Å². The molecule has 0 spiro atoms. The largest absolute Gasteiger partial charge is 0.293 e. The maximum atomic E-state index is 11.4. The maximum absolute atomic E-state index is 11.4. The van der Waals surface area contributed by atoms with Gasteiger partial charge in [-0.05, 0) is 11.8 Å². The molecule has 0 unspecified atom stereocenters. The molecule has 14 heavy (non-hydrogen) atoms. The first-order valence-electron chi connectivity index (χ1n) is 3.88. The third-order valence-electron chi connectivity index (χ3n) is 1.42. The molecule has 0 atom stereocenters. The number of aromatic nitrogens is 1. The summed E-state index contributed by atoms with van der Waals surface area (Å²) in [4.78, 5) is 16.2. The van der Waals surface area contributed by atoms with E-state index >= 15 is 0 Å². The zero-order chi connectivity index (χ0) is 10.6. The average molecular weight is 343 g/mol. The van der Waals surface area contributed by atoms with Gasteiger partial charge in [0.15, 0.2) is 0 Å². The minimum atomic E-state index is -0.196. The fraction of sp³-hybridized carbons (Fsp3) is 0.250. The molecule has 0 fully saturated rings. The van der Waals surface area contributed by atoms with E-state index in [4.69, 9.17) is 11.6 Å². The van der Waals surface area contributed by atoms with E-state index in [0.29, 0.717) is 10.7 Å². The Morgan fingerprint density at radius 1 is 1.79 bits per heavy atom. The highest BCUT2D eigenvalue weighted by Gasteiger charge is 2.12. The van der Waals surface area contributed by atoms with Gasteiger partial charge in [-0.3, -0.25) is 8.32 Å². The van der Waals surface area contributed by atoms with E-state index in [1.807, 2.05) is 6.92 Å². The lowest BCUT2D eigenvalue weighted by Crippen LogP contribution is -2.14. The normalized spacial score (nSPS) is 9.93. The molecule has 0 aliphatic heterocycles. The average Bonchev–Trinajstić information content (AvgIpc) is 2.17. The van der Waals surface area contributed by atoms with Gasteiger partial charge in [0.05, 0.1) is 27.9 Å². The molecule has 1 N–H and O–H groups in total. The Morgan fingerprint density at radius 3 is 3.07 bits per heavy atom. The molecule has 1 rings (SSSR count). The van der Waals surface area contributed by atoms with Crippen LogP contribution in [0.15, 0.2) is 17.2 Å². The van der Waals surface area contributed by atoms with E-state index in [0.717, 1.165) is 10.6 Å². The summed E-state index contributed by atoms with van der Waals surface area (Å²) < 4.78 is 2.51. The molecular formula is C8H8ClIN2OS. The first-order chi connectivity index (χ1) is 6.69. The van der Waals surface area contributed by atoms with Crippen LogP contribution in [-0.2, 0) is 0 Å². The number of nitrogens with one attached hydrogen (secondary N) is 1. The number of carbonyl (C=O) groups excluding carboxylic acids is 1. The number of thioether (sulfide) groups is 1. The van der Waals surface area contributed by atoms with Crippen molar-refractivity contribution in [2.24, 2.45) is 0 Å². The molecule has 1 aromatic rings. The summed E-state index contributed by atoms with van der Waals surface area (Å²) in [6, 6.07) is 1.75. The Morgan fingerprint density at radius 2 is 2.50 bits per heavy atom. The molecule has 1 amide bonds. The van der Waals surface area contributed by atoms with Gasteiger partial charge >= 0.3 is 0 Å². The minimum absolute atomic E-state index is 0.196. The highest BCUT2D eigenvalue weighted by molar-refractivity contribution is 14.1. The van der Waals surface area contributed by atoms with Crippen molar-refractivity contribution in [2.45, 2.75) is 11.8 Å². The van der Waals surface area contributed by atoms with Crippen LogP contribution in [0.2, 0.25) is 5.02 Å². The Bertz CT molecular complexity index is 348. The second-order valence-electron chi connectivity index (χ2n) is 2.36. The Labute approximate surface area is 106 Å². The van der Waals surface area contributed by atoms with E-state index in [9.17, 15) is 4.79 Å². The van der Waals surface area contributed by atoms with Crippen LogP contribution in [-0.4, -0.2) is 16.6 Å². The molecule has 0 saturated heterocycles. The summed E-state index contributed by atoms with van der Waals surface area (Å²) in [6.45, 7) is 2.01. The molecule has 1 heterocycles. The lowest BCUT2D eigenvalue weighted by atomic mass is 10.3. The molecule has 3 nitrogen and oxygen atoms in total. The van der Waals surface area contributed by atoms with E-state index in [1.165, 1.54) is 6.20 Å². The van der Waals surface area contributed by atoms with Crippen LogP contribution in [0.1, 0.15) is 17.4 Å². The van der Waals surface area contributed by atoms with Crippen molar-refractivity contribution in [2.75, 3.05) is 5.75 Å². The zero-order valence-corrected chi connectivity index (χ0v) is 11.1. The third kappa shape index (κ3) is 2.99. The standard InChI is InChI=1S/C8H8ClIN2OS/c1-2-14-6-3-5(9)4-11-7(6)8(13)12-10/h3-4H,2H2,1H3,(H,12,13). The summed E-state index contributed by atoms with van der Waals surface area (Å²) in [5.74, 6) is 0.682.